The fraction of sp³-hybridized carbons (Fsp3) is 0.167. The molecule has 1 aromatic heterocycles. The summed E-state index contributed by atoms with van der Waals surface area (Å²) in [6.07, 6.45) is 1.94. The minimum atomic E-state index is -7.22. The van der Waals surface area contributed by atoms with Gasteiger partial charge in [-0.25, -0.2) is 87.8 Å². The zero-order chi connectivity index (χ0) is 47.3. The molecule has 0 amide bonds. The molecule has 338 valence electrons. The third kappa shape index (κ3) is 7.60. The van der Waals surface area contributed by atoms with Gasteiger partial charge in [-0.3, -0.25) is 0 Å². The average molecular weight is 931 g/mol. The van der Waals surface area contributed by atoms with Crippen molar-refractivity contribution in [1.82, 2.24) is 0 Å². The molecule has 5 aromatic carbocycles. The van der Waals surface area contributed by atoms with E-state index in [0.717, 1.165) is 12.5 Å². The molecule has 7 rings (SSSR count). The van der Waals surface area contributed by atoms with Crippen LogP contribution in [-0.4, -0.2) is 6.15 Å². The molecular weight excluding hydrogens is 909 g/mol. The van der Waals surface area contributed by atoms with Gasteiger partial charge in [-0.1, -0.05) is 55.7 Å². The predicted octanol–water partition coefficient (Wildman–Crippen LogP) is 9.92. The third-order valence-corrected chi connectivity index (χ3v) is 10.9. The van der Waals surface area contributed by atoms with E-state index in [1.54, 1.807) is 0 Å². The van der Waals surface area contributed by atoms with Gasteiger partial charge in [0, 0.05) is 23.6 Å². The van der Waals surface area contributed by atoms with Crippen LogP contribution in [0.15, 0.2) is 54.7 Å². The van der Waals surface area contributed by atoms with Crippen LogP contribution >= 0.6 is 0 Å². The SMILES string of the molecule is Fc1c(F)c(F)c([B-](c2c(F)c(F)c(F)c(F)c2F)(c2c(F)c(F)c(F)c(F)c2F)c2c(F)c(F)c(F)c(F)c2F)c(F)c1F.c1ccc(C[n+]2ccccc2C2CCCCC2)cc1. The average Bonchev–Trinajstić information content (AvgIpc) is 3.30. The van der Waals surface area contributed by atoms with Crippen molar-refractivity contribution in [3.63, 3.8) is 0 Å². The van der Waals surface area contributed by atoms with Gasteiger partial charge >= 0.3 is 0 Å². The third-order valence-electron chi connectivity index (χ3n) is 10.9. The van der Waals surface area contributed by atoms with Crippen LogP contribution in [0.1, 0.15) is 49.3 Å². The molecule has 0 N–H and O–H groups in total. The quantitative estimate of drug-likeness (QED) is 0.0494. The van der Waals surface area contributed by atoms with Crippen LogP contribution in [0, 0.1) is 116 Å². The van der Waals surface area contributed by atoms with Gasteiger partial charge in [0.2, 0.25) is 0 Å². The molecule has 1 nitrogen and oxygen atoms in total. The lowest BCUT2D eigenvalue weighted by Gasteiger charge is -2.44. The van der Waals surface area contributed by atoms with Crippen molar-refractivity contribution in [3.8, 4) is 0 Å². The lowest BCUT2D eigenvalue weighted by molar-refractivity contribution is -0.697. The molecule has 0 spiro atoms. The lowest BCUT2D eigenvalue weighted by atomic mass is 9.12. The van der Waals surface area contributed by atoms with Gasteiger partial charge in [-0.05, 0) is 12.8 Å². The van der Waals surface area contributed by atoms with Gasteiger partial charge < -0.3 is 0 Å². The number of rotatable bonds is 7. The highest BCUT2D eigenvalue weighted by atomic mass is 19.2. The molecular formula is C42H22BF20N. The molecule has 0 bridgehead atoms. The maximum atomic E-state index is 15.4. The number of benzene rings is 5. The summed E-state index contributed by atoms with van der Waals surface area (Å²) in [6.45, 7) is 0.994. The summed E-state index contributed by atoms with van der Waals surface area (Å²) in [4.78, 5) is 0. The maximum Gasteiger partial charge on any atom is 0.200 e. The van der Waals surface area contributed by atoms with E-state index in [0.29, 0.717) is 0 Å². The summed E-state index contributed by atoms with van der Waals surface area (Å²) in [6, 6.07) is 17.4. The molecule has 0 saturated heterocycles. The van der Waals surface area contributed by atoms with Crippen molar-refractivity contribution in [2.45, 2.75) is 44.6 Å². The van der Waals surface area contributed by atoms with E-state index in [1.165, 1.54) is 43.4 Å². The molecule has 6 aromatic rings. The number of nitrogens with zero attached hydrogens (tertiary/aromatic N) is 1. The monoisotopic (exact) mass is 931 g/mol. The molecule has 64 heavy (non-hydrogen) atoms. The summed E-state index contributed by atoms with van der Waals surface area (Å²) in [5.74, 6) is -70.6. The molecule has 1 aliphatic rings. The first-order chi connectivity index (χ1) is 30.1. The molecule has 22 heteroatoms. The first-order valence-corrected chi connectivity index (χ1v) is 18.4. The molecule has 1 aliphatic carbocycles. The van der Waals surface area contributed by atoms with Crippen molar-refractivity contribution in [2.75, 3.05) is 0 Å². The fourth-order valence-electron chi connectivity index (χ4n) is 8.06. The molecule has 1 saturated carbocycles. The Morgan fingerprint density at radius 2 is 0.625 bits per heavy atom. The van der Waals surface area contributed by atoms with E-state index in [-0.39, 0.29) is 0 Å². The molecule has 1 heterocycles. The fourth-order valence-corrected chi connectivity index (χ4v) is 8.06. The number of hydrogen-bond acceptors (Lipinski definition) is 0. The Bertz CT molecular complexity index is 2410. The normalized spacial score (nSPS) is 13.3. The van der Waals surface area contributed by atoms with Gasteiger partial charge in [0.25, 0.3) is 0 Å². The van der Waals surface area contributed by atoms with Crippen LogP contribution in [0.3, 0.4) is 0 Å². The summed E-state index contributed by atoms with van der Waals surface area (Å²) in [7, 11) is 0. The van der Waals surface area contributed by atoms with Gasteiger partial charge in [0.15, 0.2) is 88.2 Å². The van der Waals surface area contributed by atoms with Crippen molar-refractivity contribution in [2.24, 2.45) is 0 Å². The highest BCUT2D eigenvalue weighted by Gasteiger charge is 2.52. The Labute approximate surface area is 347 Å². The smallest absolute Gasteiger partial charge is 0.200 e. The Morgan fingerprint density at radius 3 is 0.938 bits per heavy atom. The van der Waals surface area contributed by atoms with Gasteiger partial charge in [0.1, 0.15) is 52.7 Å². The van der Waals surface area contributed by atoms with Crippen LogP contribution in [0.4, 0.5) is 87.8 Å². The minimum absolute atomic E-state index is 0.763. The Balaban J connectivity index is 0.000000295. The molecule has 0 radical (unpaired) electrons. The minimum Gasteiger partial charge on any atom is -0.207 e. The Morgan fingerprint density at radius 1 is 0.344 bits per heavy atom. The number of aromatic nitrogens is 1. The van der Waals surface area contributed by atoms with E-state index >= 15 is 35.1 Å². The van der Waals surface area contributed by atoms with Crippen LogP contribution in [0.2, 0.25) is 0 Å². The van der Waals surface area contributed by atoms with Crippen molar-refractivity contribution in [3.05, 3.63) is 182 Å². The summed E-state index contributed by atoms with van der Waals surface area (Å²) < 4.78 is 296. The molecule has 1 fully saturated rings. The number of hydrogen-bond donors (Lipinski definition) is 0. The topological polar surface area (TPSA) is 3.88 Å². The van der Waals surface area contributed by atoms with Crippen LogP contribution in [0.25, 0.3) is 0 Å². The van der Waals surface area contributed by atoms with E-state index in [1.807, 2.05) is 0 Å². The number of halogens is 20. The summed E-state index contributed by atoms with van der Waals surface area (Å²) in [5, 5.41) is 0. The molecule has 0 unspecified atom stereocenters. The van der Waals surface area contributed by atoms with Crippen molar-refractivity contribution >= 4 is 28.0 Å². The van der Waals surface area contributed by atoms with Gasteiger partial charge in [-0.15, -0.1) is 21.9 Å². The second kappa shape index (κ2) is 18.2. The highest BCUT2D eigenvalue weighted by molar-refractivity contribution is 7.20. The lowest BCUT2D eigenvalue weighted by Crippen LogP contribution is -2.81. The molecule has 0 aliphatic heterocycles. The van der Waals surface area contributed by atoms with E-state index in [4.69, 9.17) is 0 Å². The standard InChI is InChI=1S/C24BF20.C18H22N/c26-5-1(6(27)14(35)21(42)13(5)34)25(2-7(28)15(36)22(43)16(37)8(2)29,3-9(30)17(38)23(44)18(39)10(3)31)4-11(32)19(40)24(45)20(41)12(4)33;1-3-9-16(10-4-1)15-19-14-8-7-13-18(19)17-11-5-2-6-12-17/h;1,3-4,7-10,13-14,17H,2,5-6,11-12,15H2/q-1;+1. The second-order valence-electron chi connectivity index (χ2n) is 14.4. The summed E-state index contributed by atoms with van der Waals surface area (Å²) in [5.41, 5.74) is -11.4. The largest absolute Gasteiger partial charge is 0.207 e. The van der Waals surface area contributed by atoms with Gasteiger partial charge in [0.05, 0.1) is 0 Å². The van der Waals surface area contributed by atoms with E-state index < -0.39 is 144 Å². The van der Waals surface area contributed by atoms with Crippen LogP contribution < -0.4 is 26.4 Å². The highest BCUT2D eigenvalue weighted by Crippen LogP contribution is 2.32. The van der Waals surface area contributed by atoms with E-state index in [9.17, 15) is 52.7 Å². The van der Waals surface area contributed by atoms with Crippen molar-refractivity contribution in [1.29, 1.82) is 0 Å². The second-order valence-corrected chi connectivity index (χ2v) is 14.4. The maximum absolute atomic E-state index is 15.4. The molecule has 0 atom stereocenters. The number of pyridine rings is 1. The van der Waals surface area contributed by atoms with Crippen LogP contribution in [-0.2, 0) is 6.54 Å². The Hall–Kier alpha value is -6.09. The Kier molecular flexibility index (Phi) is 13.5. The van der Waals surface area contributed by atoms with Gasteiger partial charge in [-0.2, -0.15) is 4.57 Å². The van der Waals surface area contributed by atoms with E-state index in [2.05, 4.69) is 59.3 Å². The summed E-state index contributed by atoms with van der Waals surface area (Å²) >= 11 is 0. The van der Waals surface area contributed by atoms with Crippen LogP contribution in [0.5, 0.6) is 0 Å². The zero-order valence-corrected chi connectivity index (χ0v) is 31.6. The predicted molar refractivity (Wildman–Crippen MR) is 187 cm³/mol. The van der Waals surface area contributed by atoms with Crippen molar-refractivity contribution < 1.29 is 92.4 Å². The first kappa shape index (κ1) is 47.4. The first-order valence-electron chi connectivity index (χ1n) is 18.4. The zero-order valence-electron chi connectivity index (χ0n) is 31.6.